The molecule has 1 aliphatic heterocycles. The van der Waals surface area contributed by atoms with Gasteiger partial charge in [0.2, 0.25) is 0 Å². The standard InChI is InChI=1S/C16H24N2O2/c1-17-11-13-4-5-15(12-18-13)20-14-6-9-19-16(10-14)7-2-3-8-16/h4-5,12,14,17H,2-3,6-11H2,1H3. The molecular formula is C16H24N2O2. The van der Waals surface area contributed by atoms with Crippen LogP contribution in [0.1, 0.15) is 44.2 Å². The fourth-order valence-corrected chi connectivity index (χ4v) is 3.41. The van der Waals surface area contributed by atoms with Crippen LogP contribution < -0.4 is 10.1 Å². The van der Waals surface area contributed by atoms with E-state index in [1.54, 1.807) is 0 Å². The van der Waals surface area contributed by atoms with E-state index >= 15 is 0 Å². The zero-order valence-corrected chi connectivity index (χ0v) is 12.2. The first-order valence-electron chi connectivity index (χ1n) is 7.70. The summed E-state index contributed by atoms with van der Waals surface area (Å²) in [5, 5.41) is 3.10. The number of rotatable bonds is 4. The number of nitrogens with one attached hydrogen (secondary N) is 1. The minimum atomic E-state index is 0.114. The van der Waals surface area contributed by atoms with Crippen molar-refractivity contribution < 1.29 is 9.47 Å². The van der Waals surface area contributed by atoms with Crippen molar-refractivity contribution in [3.8, 4) is 5.75 Å². The topological polar surface area (TPSA) is 43.4 Å². The molecule has 20 heavy (non-hydrogen) atoms. The molecule has 0 aromatic carbocycles. The van der Waals surface area contributed by atoms with Crippen molar-refractivity contribution in [2.75, 3.05) is 13.7 Å². The second-order valence-corrected chi connectivity index (χ2v) is 5.99. The van der Waals surface area contributed by atoms with E-state index in [-0.39, 0.29) is 11.7 Å². The Hall–Kier alpha value is -1.13. The van der Waals surface area contributed by atoms with Gasteiger partial charge >= 0.3 is 0 Å². The second kappa shape index (κ2) is 6.10. The van der Waals surface area contributed by atoms with Crippen LogP contribution >= 0.6 is 0 Å². The molecule has 2 fully saturated rings. The Bertz CT molecular complexity index is 427. The highest BCUT2D eigenvalue weighted by Gasteiger charge is 2.40. The van der Waals surface area contributed by atoms with E-state index in [0.29, 0.717) is 0 Å². The molecule has 1 aromatic rings. The zero-order chi connectivity index (χ0) is 13.8. The molecule has 1 aromatic heterocycles. The predicted octanol–water partition coefficient (Wildman–Crippen LogP) is 2.67. The van der Waals surface area contributed by atoms with Crippen molar-refractivity contribution in [1.82, 2.24) is 10.3 Å². The number of aromatic nitrogens is 1. The first-order chi connectivity index (χ1) is 9.80. The highest BCUT2D eigenvalue weighted by Crippen LogP contribution is 2.40. The highest BCUT2D eigenvalue weighted by atomic mass is 16.5. The number of ether oxygens (including phenoxy) is 2. The molecule has 2 heterocycles. The molecule has 0 bridgehead atoms. The summed E-state index contributed by atoms with van der Waals surface area (Å²) in [5.74, 6) is 0.880. The molecule has 4 heteroatoms. The summed E-state index contributed by atoms with van der Waals surface area (Å²) in [6.07, 6.45) is 9.13. The average Bonchev–Trinajstić information content (AvgIpc) is 2.89. The Morgan fingerprint density at radius 2 is 2.25 bits per heavy atom. The largest absolute Gasteiger partial charge is 0.489 e. The van der Waals surface area contributed by atoms with E-state index in [1.165, 1.54) is 25.7 Å². The molecule has 1 saturated heterocycles. The molecule has 1 unspecified atom stereocenters. The Labute approximate surface area is 120 Å². The third kappa shape index (κ3) is 3.13. The number of nitrogens with zero attached hydrogens (tertiary/aromatic N) is 1. The number of pyridine rings is 1. The molecule has 1 spiro atoms. The van der Waals surface area contributed by atoms with Gasteiger partial charge in [-0.05, 0) is 32.0 Å². The first kappa shape index (κ1) is 13.8. The molecule has 2 aliphatic rings. The monoisotopic (exact) mass is 276 g/mol. The van der Waals surface area contributed by atoms with Gasteiger partial charge in [0, 0.05) is 19.4 Å². The van der Waals surface area contributed by atoms with Gasteiger partial charge in [0.05, 0.1) is 24.1 Å². The molecule has 4 nitrogen and oxygen atoms in total. The van der Waals surface area contributed by atoms with Crippen LogP contribution in [0.25, 0.3) is 0 Å². The van der Waals surface area contributed by atoms with Crippen molar-refractivity contribution in [3.05, 3.63) is 24.0 Å². The van der Waals surface area contributed by atoms with Crippen molar-refractivity contribution in [2.45, 2.75) is 56.8 Å². The van der Waals surface area contributed by atoms with E-state index in [0.717, 1.165) is 37.4 Å². The third-order valence-corrected chi connectivity index (χ3v) is 4.42. The molecule has 1 saturated carbocycles. The molecule has 110 valence electrons. The van der Waals surface area contributed by atoms with Crippen LogP contribution in [0, 0.1) is 0 Å². The van der Waals surface area contributed by atoms with Gasteiger partial charge in [0.25, 0.3) is 0 Å². The van der Waals surface area contributed by atoms with Gasteiger partial charge in [-0.15, -0.1) is 0 Å². The minimum absolute atomic E-state index is 0.114. The summed E-state index contributed by atoms with van der Waals surface area (Å²) in [5.41, 5.74) is 1.15. The summed E-state index contributed by atoms with van der Waals surface area (Å²) in [7, 11) is 1.93. The van der Waals surface area contributed by atoms with E-state index in [9.17, 15) is 0 Å². The second-order valence-electron chi connectivity index (χ2n) is 5.99. The summed E-state index contributed by atoms with van der Waals surface area (Å²) >= 11 is 0. The molecule has 3 rings (SSSR count). The van der Waals surface area contributed by atoms with Crippen molar-refractivity contribution in [2.24, 2.45) is 0 Å². The smallest absolute Gasteiger partial charge is 0.138 e. The van der Waals surface area contributed by atoms with Gasteiger partial charge in [-0.1, -0.05) is 12.8 Å². The molecule has 0 radical (unpaired) electrons. The summed E-state index contributed by atoms with van der Waals surface area (Å²) < 4.78 is 12.2. The van der Waals surface area contributed by atoms with Crippen LogP contribution in [0.15, 0.2) is 18.3 Å². The Kier molecular flexibility index (Phi) is 4.22. The lowest BCUT2D eigenvalue weighted by Crippen LogP contribution is -2.41. The Morgan fingerprint density at radius 1 is 1.40 bits per heavy atom. The summed E-state index contributed by atoms with van der Waals surface area (Å²) in [4.78, 5) is 4.40. The summed E-state index contributed by atoms with van der Waals surface area (Å²) in [6.45, 7) is 1.62. The fourth-order valence-electron chi connectivity index (χ4n) is 3.41. The average molecular weight is 276 g/mol. The van der Waals surface area contributed by atoms with Crippen LogP contribution in [0.5, 0.6) is 5.75 Å². The lowest BCUT2D eigenvalue weighted by molar-refractivity contribution is -0.108. The molecule has 0 amide bonds. The van der Waals surface area contributed by atoms with E-state index in [4.69, 9.17) is 9.47 Å². The maximum Gasteiger partial charge on any atom is 0.138 e. The van der Waals surface area contributed by atoms with Gasteiger partial charge in [0.1, 0.15) is 11.9 Å². The maximum atomic E-state index is 6.11. The van der Waals surface area contributed by atoms with Crippen LogP contribution in [0.3, 0.4) is 0 Å². The van der Waals surface area contributed by atoms with Crippen LogP contribution in [-0.2, 0) is 11.3 Å². The fraction of sp³-hybridized carbons (Fsp3) is 0.688. The van der Waals surface area contributed by atoms with Crippen molar-refractivity contribution in [3.63, 3.8) is 0 Å². The van der Waals surface area contributed by atoms with E-state index < -0.39 is 0 Å². The minimum Gasteiger partial charge on any atom is -0.489 e. The van der Waals surface area contributed by atoms with Crippen LogP contribution in [-0.4, -0.2) is 30.3 Å². The van der Waals surface area contributed by atoms with Gasteiger partial charge in [0.15, 0.2) is 0 Å². The van der Waals surface area contributed by atoms with Gasteiger partial charge < -0.3 is 14.8 Å². The van der Waals surface area contributed by atoms with Crippen molar-refractivity contribution >= 4 is 0 Å². The predicted molar refractivity (Wildman–Crippen MR) is 77.8 cm³/mol. The molecular weight excluding hydrogens is 252 g/mol. The van der Waals surface area contributed by atoms with E-state index in [1.807, 2.05) is 25.4 Å². The quantitative estimate of drug-likeness (QED) is 0.918. The lowest BCUT2D eigenvalue weighted by Gasteiger charge is -2.38. The molecule has 1 atom stereocenters. The van der Waals surface area contributed by atoms with Crippen LogP contribution in [0.4, 0.5) is 0 Å². The van der Waals surface area contributed by atoms with Gasteiger partial charge in [-0.3, -0.25) is 4.98 Å². The van der Waals surface area contributed by atoms with Gasteiger partial charge in [-0.2, -0.15) is 0 Å². The molecule has 1 N–H and O–H groups in total. The van der Waals surface area contributed by atoms with Crippen LogP contribution in [0.2, 0.25) is 0 Å². The highest BCUT2D eigenvalue weighted by molar-refractivity contribution is 5.20. The SMILES string of the molecule is CNCc1ccc(OC2CCOC3(CCCC3)C2)cn1. The third-order valence-electron chi connectivity index (χ3n) is 4.42. The summed E-state index contributed by atoms with van der Waals surface area (Å²) in [6, 6.07) is 4.05. The zero-order valence-electron chi connectivity index (χ0n) is 12.2. The lowest BCUT2D eigenvalue weighted by atomic mass is 9.90. The molecule has 1 aliphatic carbocycles. The number of hydrogen-bond donors (Lipinski definition) is 1. The number of hydrogen-bond acceptors (Lipinski definition) is 4. The van der Waals surface area contributed by atoms with Crippen molar-refractivity contribution in [1.29, 1.82) is 0 Å². The Balaban J connectivity index is 1.59. The van der Waals surface area contributed by atoms with Gasteiger partial charge in [-0.25, -0.2) is 0 Å². The maximum absolute atomic E-state index is 6.11. The van der Waals surface area contributed by atoms with E-state index in [2.05, 4.69) is 10.3 Å². The first-order valence-corrected chi connectivity index (χ1v) is 7.70. The normalized spacial score (nSPS) is 24.9. The Morgan fingerprint density at radius 3 is 2.95 bits per heavy atom.